The lowest BCUT2D eigenvalue weighted by atomic mass is 10.1. The van der Waals surface area contributed by atoms with E-state index in [2.05, 4.69) is 91.2 Å². The van der Waals surface area contributed by atoms with Crippen molar-refractivity contribution in [1.29, 1.82) is 0 Å². The maximum Gasteiger partial charge on any atom is 0.312 e. The van der Waals surface area contributed by atoms with Crippen LogP contribution in [0.15, 0.2) is 67.0 Å². The third-order valence-electron chi connectivity index (χ3n) is 6.98. The number of rotatable bonds is 6. The van der Waals surface area contributed by atoms with Crippen LogP contribution in [-0.4, -0.2) is 40.5 Å². The Labute approximate surface area is 216 Å². The van der Waals surface area contributed by atoms with Gasteiger partial charge in [0.05, 0.1) is 19.0 Å². The number of hydrogen-bond acceptors (Lipinski definition) is 5. The van der Waals surface area contributed by atoms with Crippen molar-refractivity contribution < 1.29 is 13.6 Å². The Balaban J connectivity index is 1.45. The molecule has 0 aliphatic carbocycles. The highest BCUT2D eigenvalue weighted by molar-refractivity contribution is 6.99. The summed E-state index contributed by atoms with van der Waals surface area (Å²) in [6.07, 6.45) is 1.02. The predicted molar refractivity (Wildman–Crippen MR) is 142 cm³/mol. The largest absolute Gasteiger partial charge is 0.405 e. The first kappa shape index (κ1) is 25.0. The number of nitrogens with zero attached hydrogens (tertiary/aromatic N) is 4. The van der Waals surface area contributed by atoms with Crippen molar-refractivity contribution in [3.63, 3.8) is 0 Å². The molecule has 0 spiro atoms. The van der Waals surface area contributed by atoms with E-state index in [4.69, 9.17) is 20.8 Å². The molecular formula is C27H30ClFN4O2Si. The molecule has 0 unspecified atom stereocenters. The van der Waals surface area contributed by atoms with E-state index in [0.717, 1.165) is 6.42 Å². The molecule has 0 radical (unpaired) electrons. The molecule has 1 saturated heterocycles. The van der Waals surface area contributed by atoms with Crippen LogP contribution < -0.4 is 10.4 Å². The molecule has 9 heteroatoms. The van der Waals surface area contributed by atoms with Crippen LogP contribution >= 0.6 is 11.6 Å². The molecule has 2 aromatic heterocycles. The third kappa shape index (κ3) is 4.36. The summed E-state index contributed by atoms with van der Waals surface area (Å²) in [6.45, 7) is 9.34. The SMILES string of the molecule is C[C@@H]1C[C@@H](CO[Si](c2ccccc2)(c2ccccc2)C(C)(C)C)O[C@H]1n1cnc2c(Cl)nc(F)nc21. The molecule has 1 fully saturated rings. The molecule has 0 saturated carbocycles. The van der Waals surface area contributed by atoms with Gasteiger partial charge in [-0.1, -0.05) is 100.0 Å². The van der Waals surface area contributed by atoms with Crippen LogP contribution in [0.3, 0.4) is 0 Å². The minimum atomic E-state index is -2.67. The number of benzene rings is 2. The van der Waals surface area contributed by atoms with Gasteiger partial charge in [0.1, 0.15) is 11.7 Å². The molecule has 36 heavy (non-hydrogen) atoms. The van der Waals surface area contributed by atoms with Crippen LogP contribution in [0.5, 0.6) is 0 Å². The first-order chi connectivity index (χ1) is 17.2. The quantitative estimate of drug-likeness (QED) is 0.199. The molecule has 6 nitrogen and oxygen atoms in total. The molecule has 3 atom stereocenters. The minimum absolute atomic E-state index is 0.00605. The Hall–Kier alpha value is -2.65. The maximum absolute atomic E-state index is 13.9. The molecule has 0 amide bonds. The monoisotopic (exact) mass is 524 g/mol. The zero-order chi connectivity index (χ0) is 25.5. The lowest BCUT2D eigenvalue weighted by molar-refractivity contribution is -0.0266. The van der Waals surface area contributed by atoms with Gasteiger partial charge in [0.25, 0.3) is 8.32 Å². The topological polar surface area (TPSA) is 62.1 Å². The van der Waals surface area contributed by atoms with Crippen molar-refractivity contribution in [2.24, 2.45) is 5.92 Å². The van der Waals surface area contributed by atoms with Crippen molar-refractivity contribution in [3.8, 4) is 0 Å². The number of fused-ring (bicyclic) bond motifs is 1. The fraction of sp³-hybridized carbons (Fsp3) is 0.370. The van der Waals surface area contributed by atoms with Crippen LogP contribution in [0.2, 0.25) is 10.2 Å². The minimum Gasteiger partial charge on any atom is -0.405 e. The summed E-state index contributed by atoms with van der Waals surface area (Å²) in [5, 5.41) is 2.33. The van der Waals surface area contributed by atoms with E-state index in [1.165, 1.54) is 10.4 Å². The average molecular weight is 525 g/mol. The van der Waals surface area contributed by atoms with Gasteiger partial charge >= 0.3 is 6.08 Å². The summed E-state index contributed by atoms with van der Waals surface area (Å²) >= 11 is 6.08. The first-order valence-electron chi connectivity index (χ1n) is 12.2. The van der Waals surface area contributed by atoms with Gasteiger partial charge in [-0.15, -0.1) is 0 Å². The van der Waals surface area contributed by atoms with Crippen molar-refractivity contribution >= 4 is 41.5 Å². The molecule has 188 valence electrons. The van der Waals surface area contributed by atoms with E-state index in [0.29, 0.717) is 17.8 Å². The number of aromatic nitrogens is 4. The van der Waals surface area contributed by atoms with Gasteiger partial charge in [0.15, 0.2) is 10.8 Å². The Kier molecular flexibility index (Phi) is 6.72. The van der Waals surface area contributed by atoms with Crippen LogP contribution in [0.1, 0.15) is 40.3 Å². The smallest absolute Gasteiger partial charge is 0.312 e. The first-order valence-corrected chi connectivity index (χ1v) is 14.5. The van der Waals surface area contributed by atoms with E-state index in [1.54, 1.807) is 10.9 Å². The van der Waals surface area contributed by atoms with Gasteiger partial charge in [-0.05, 0) is 21.8 Å². The average Bonchev–Trinajstić information content (AvgIpc) is 3.43. The Morgan fingerprint density at radius 3 is 2.25 bits per heavy atom. The molecule has 2 aromatic carbocycles. The van der Waals surface area contributed by atoms with Gasteiger partial charge in [-0.3, -0.25) is 4.57 Å². The lowest BCUT2D eigenvalue weighted by Gasteiger charge is -2.43. The van der Waals surface area contributed by atoms with Crippen molar-refractivity contribution in [1.82, 2.24) is 19.5 Å². The number of ether oxygens (including phenoxy) is 1. The highest BCUT2D eigenvalue weighted by atomic mass is 35.5. The van der Waals surface area contributed by atoms with Gasteiger partial charge in [0.2, 0.25) is 0 Å². The van der Waals surface area contributed by atoms with Crippen LogP contribution in [-0.2, 0) is 9.16 Å². The second kappa shape index (κ2) is 9.66. The summed E-state index contributed by atoms with van der Waals surface area (Å²) in [6, 6.07) is 21.1. The fourth-order valence-corrected chi connectivity index (χ4v) is 10.2. The van der Waals surface area contributed by atoms with Crippen molar-refractivity contribution in [3.05, 3.63) is 78.2 Å². The van der Waals surface area contributed by atoms with Gasteiger partial charge in [-0.2, -0.15) is 14.4 Å². The summed E-state index contributed by atoms with van der Waals surface area (Å²) in [5.74, 6) is 0.145. The molecular weight excluding hydrogens is 495 g/mol. The Morgan fingerprint density at radius 1 is 1.06 bits per heavy atom. The number of hydrogen-bond donors (Lipinski definition) is 0. The Morgan fingerprint density at radius 2 is 1.67 bits per heavy atom. The molecule has 1 aliphatic heterocycles. The zero-order valence-corrected chi connectivity index (χ0v) is 22.6. The van der Waals surface area contributed by atoms with E-state index in [1.807, 2.05) is 12.1 Å². The predicted octanol–water partition coefficient (Wildman–Crippen LogP) is 5.12. The second-order valence-corrected chi connectivity index (χ2v) is 15.1. The molecule has 0 bridgehead atoms. The second-order valence-electron chi connectivity index (χ2n) is 10.4. The number of imidazole rings is 1. The molecule has 1 aliphatic rings. The van der Waals surface area contributed by atoms with Gasteiger partial charge < -0.3 is 9.16 Å². The van der Waals surface area contributed by atoms with Gasteiger partial charge in [0, 0.05) is 5.92 Å². The summed E-state index contributed by atoms with van der Waals surface area (Å²) in [4.78, 5) is 11.8. The summed E-state index contributed by atoms with van der Waals surface area (Å²) < 4.78 is 29.2. The molecule has 4 aromatic rings. The standard InChI is InChI=1S/C27H30ClFN4O2Si/c1-18-15-19(35-25(18)33-17-30-22-23(28)31-26(29)32-24(22)33)16-34-36(27(2,3)4,20-11-7-5-8-12-20)21-13-9-6-10-14-21/h5-14,17-19,25H,15-16H2,1-4H3/t18-,19+,25-/m1/s1. The third-order valence-corrected chi connectivity index (χ3v) is 12.2. The van der Waals surface area contributed by atoms with E-state index in [9.17, 15) is 4.39 Å². The summed E-state index contributed by atoms with van der Waals surface area (Å²) in [5.41, 5.74) is 0.693. The van der Waals surface area contributed by atoms with Crippen LogP contribution in [0.4, 0.5) is 4.39 Å². The van der Waals surface area contributed by atoms with Crippen molar-refractivity contribution in [2.75, 3.05) is 6.61 Å². The highest BCUT2D eigenvalue weighted by Gasteiger charge is 2.51. The summed E-state index contributed by atoms with van der Waals surface area (Å²) in [7, 11) is -2.67. The van der Waals surface area contributed by atoms with Crippen molar-refractivity contribution in [2.45, 2.75) is 51.5 Å². The maximum atomic E-state index is 13.9. The van der Waals surface area contributed by atoms with Gasteiger partial charge in [-0.25, -0.2) is 4.98 Å². The number of halogens is 2. The van der Waals surface area contributed by atoms with Crippen LogP contribution in [0, 0.1) is 12.0 Å². The molecule has 3 heterocycles. The highest BCUT2D eigenvalue weighted by Crippen LogP contribution is 2.40. The Bertz CT molecular complexity index is 1310. The fourth-order valence-electron chi connectivity index (χ4n) is 5.39. The normalized spacial score (nSPS) is 20.8. The molecule has 0 N–H and O–H groups in total. The van der Waals surface area contributed by atoms with E-state index >= 15 is 0 Å². The van der Waals surface area contributed by atoms with E-state index in [-0.39, 0.29) is 28.4 Å². The van der Waals surface area contributed by atoms with E-state index < -0.39 is 14.4 Å². The van der Waals surface area contributed by atoms with Crippen LogP contribution in [0.25, 0.3) is 11.2 Å². The molecule has 5 rings (SSSR count). The zero-order valence-electron chi connectivity index (χ0n) is 20.9. The lowest BCUT2D eigenvalue weighted by Crippen LogP contribution is -2.67.